The summed E-state index contributed by atoms with van der Waals surface area (Å²) in [6, 6.07) is 13.5. The van der Waals surface area contributed by atoms with Crippen LogP contribution in [0.1, 0.15) is 92.9 Å². The third-order valence-electron chi connectivity index (χ3n) is 12.2. The number of unbranched alkanes of at least 4 members (excludes halogenated alkanes) is 1. The number of primary amides is 1. The van der Waals surface area contributed by atoms with Crippen LogP contribution in [-0.4, -0.2) is 88.5 Å². The van der Waals surface area contributed by atoms with Gasteiger partial charge in [-0.05, 0) is 117 Å². The van der Waals surface area contributed by atoms with E-state index >= 15 is 4.39 Å². The number of thiocarbonyl (C=S) groups is 1. The van der Waals surface area contributed by atoms with E-state index in [1.165, 1.54) is 54.1 Å². The minimum Gasteiger partial charge on any atom is -0.493 e. The van der Waals surface area contributed by atoms with Crippen molar-refractivity contribution in [2.45, 2.75) is 96.8 Å². The second kappa shape index (κ2) is 21.9. The topological polar surface area (TPSA) is 200 Å². The Hall–Kier alpha value is -7.19. The number of nitrogens with two attached hydrogens (primary N) is 1. The molecule has 23 heteroatoms. The lowest BCUT2D eigenvalue weighted by atomic mass is 9.85. The molecular weight excluding hydrogens is 990 g/mol. The van der Waals surface area contributed by atoms with Gasteiger partial charge in [-0.3, -0.25) is 33.9 Å². The summed E-state index contributed by atoms with van der Waals surface area (Å²) in [4.78, 5) is 72.6. The number of rotatable bonds is 17. The first kappa shape index (κ1) is 55.1. The predicted molar refractivity (Wildman–Crippen MR) is 256 cm³/mol. The van der Waals surface area contributed by atoms with Crippen molar-refractivity contribution in [2.24, 2.45) is 11.1 Å². The van der Waals surface area contributed by atoms with E-state index < -0.39 is 105 Å². The highest BCUT2D eigenvalue weighted by Crippen LogP contribution is 2.43. The maximum Gasteiger partial charge on any atom is 0.420 e. The van der Waals surface area contributed by atoms with E-state index in [9.17, 15) is 55.6 Å². The number of carbonyl (C=O) groups is 5. The molecule has 6 rings (SSSR count). The van der Waals surface area contributed by atoms with Crippen molar-refractivity contribution in [1.29, 1.82) is 5.26 Å². The number of benzene rings is 3. The first-order valence-electron chi connectivity index (χ1n) is 22.8. The number of hydrogen-bond donors (Lipinski definition) is 3. The van der Waals surface area contributed by atoms with Crippen molar-refractivity contribution < 1.29 is 64.2 Å². The highest BCUT2D eigenvalue weighted by Gasteiger charge is 2.52. The molecule has 5 amide bonds. The number of aromatic nitrogens is 1. The summed E-state index contributed by atoms with van der Waals surface area (Å²) < 4.78 is 111. The summed E-state index contributed by atoms with van der Waals surface area (Å²) >= 11 is 5.46. The molecule has 0 bridgehead atoms. The van der Waals surface area contributed by atoms with Crippen molar-refractivity contribution >= 4 is 58.2 Å². The van der Waals surface area contributed by atoms with E-state index in [2.05, 4.69) is 15.6 Å². The van der Waals surface area contributed by atoms with Crippen LogP contribution in [0.5, 0.6) is 5.75 Å². The highest BCUT2D eigenvalue weighted by molar-refractivity contribution is 7.81. The maximum absolute atomic E-state index is 15.4. The summed E-state index contributed by atoms with van der Waals surface area (Å²) in [6.45, 7) is 8.01. The van der Waals surface area contributed by atoms with Crippen LogP contribution in [0, 0.1) is 22.6 Å². The Balaban J connectivity index is 1.01. The molecule has 4 N–H and O–H groups in total. The molecule has 1 unspecified atom stereocenters. The van der Waals surface area contributed by atoms with E-state index in [0.29, 0.717) is 36.3 Å². The Bertz CT molecular complexity index is 2810. The number of hydrogen-bond acceptors (Lipinski definition) is 10. The Morgan fingerprint density at radius 2 is 1.64 bits per heavy atom. The summed E-state index contributed by atoms with van der Waals surface area (Å²) in [7, 11) is 0. The zero-order chi connectivity index (χ0) is 53.8. The molecule has 2 saturated heterocycles. The molecule has 2 aliphatic heterocycles. The van der Waals surface area contributed by atoms with Crippen LogP contribution < -0.4 is 30.9 Å². The van der Waals surface area contributed by atoms with Crippen LogP contribution in [0.2, 0.25) is 0 Å². The fraction of sp³-hybridized carbons (Fsp3) is 0.400. The lowest BCUT2D eigenvalue weighted by Crippen LogP contribution is -2.58. The Kier molecular flexibility index (Phi) is 16.5. The van der Waals surface area contributed by atoms with Crippen molar-refractivity contribution in [3.8, 4) is 23.1 Å². The second-order valence-corrected chi connectivity index (χ2v) is 19.2. The van der Waals surface area contributed by atoms with Gasteiger partial charge in [-0.25, -0.2) is 4.39 Å². The molecule has 2 atom stereocenters. The Morgan fingerprint density at radius 1 is 0.959 bits per heavy atom. The van der Waals surface area contributed by atoms with E-state index in [0.717, 1.165) is 29.8 Å². The van der Waals surface area contributed by atoms with E-state index in [1.54, 1.807) is 45.0 Å². The molecular formula is C50H51F7N8O7S. The molecule has 0 aliphatic carbocycles. The van der Waals surface area contributed by atoms with E-state index in [1.807, 2.05) is 0 Å². The maximum atomic E-state index is 15.4. The first-order chi connectivity index (χ1) is 34.2. The highest BCUT2D eigenvalue weighted by atomic mass is 32.1. The number of ether oxygens (including phenoxy) is 2. The van der Waals surface area contributed by atoms with Gasteiger partial charge in [-0.15, -0.1) is 0 Å². The average molecular weight is 1040 g/mol. The largest absolute Gasteiger partial charge is 0.493 e. The molecule has 15 nitrogen and oxygen atoms in total. The molecule has 0 spiro atoms. The molecule has 2 fully saturated rings. The minimum atomic E-state index is -5.28. The second-order valence-electron chi connectivity index (χ2n) is 18.8. The number of amides is 5. The Labute approximate surface area is 420 Å². The van der Waals surface area contributed by atoms with Crippen LogP contribution in [0.25, 0.3) is 11.3 Å². The number of halogens is 7. The van der Waals surface area contributed by atoms with Crippen LogP contribution in [0.15, 0.2) is 72.9 Å². The van der Waals surface area contributed by atoms with Crippen molar-refractivity contribution in [1.82, 2.24) is 20.5 Å². The summed E-state index contributed by atoms with van der Waals surface area (Å²) in [5.41, 5.74) is -0.608. The van der Waals surface area contributed by atoms with Crippen molar-refractivity contribution in [2.75, 3.05) is 36.2 Å². The number of nitrogens with one attached hydrogen (secondary N) is 2. The molecule has 3 heterocycles. The van der Waals surface area contributed by atoms with E-state index in [-0.39, 0.29) is 49.0 Å². The summed E-state index contributed by atoms with van der Waals surface area (Å²) in [5, 5.41) is 14.3. The van der Waals surface area contributed by atoms with Gasteiger partial charge in [0.25, 0.3) is 5.91 Å². The van der Waals surface area contributed by atoms with Crippen LogP contribution >= 0.6 is 12.2 Å². The quantitative estimate of drug-likeness (QED) is 0.0529. The number of nitriles is 1. The van der Waals surface area contributed by atoms with Gasteiger partial charge in [0.15, 0.2) is 10.9 Å². The Morgan fingerprint density at radius 3 is 2.25 bits per heavy atom. The zero-order valence-corrected chi connectivity index (χ0v) is 41.0. The monoisotopic (exact) mass is 1040 g/mol. The van der Waals surface area contributed by atoms with Gasteiger partial charge >= 0.3 is 12.4 Å². The molecule has 73 heavy (non-hydrogen) atoms. The lowest BCUT2D eigenvalue weighted by molar-refractivity contribution is -0.144. The van der Waals surface area contributed by atoms with Crippen molar-refractivity contribution in [3.63, 3.8) is 0 Å². The molecule has 4 aromatic rings. The number of likely N-dealkylation sites (tertiary alicyclic amines) is 1. The number of alkyl halides is 6. The third kappa shape index (κ3) is 12.4. The van der Waals surface area contributed by atoms with Gasteiger partial charge in [0.05, 0.1) is 47.1 Å². The molecule has 0 saturated carbocycles. The van der Waals surface area contributed by atoms with Gasteiger partial charge < -0.3 is 35.6 Å². The summed E-state index contributed by atoms with van der Waals surface area (Å²) in [6.07, 6.45) is -7.42. The van der Waals surface area contributed by atoms with Gasteiger partial charge in [0, 0.05) is 30.8 Å². The number of anilines is 2. The zero-order valence-electron chi connectivity index (χ0n) is 40.2. The molecule has 2 aliphatic rings. The van der Waals surface area contributed by atoms with Crippen LogP contribution in [0.3, 0.4) is 0 Å². The number of nitrogens with zero attached hydrogens (tertiary/aromatic N) is 5. The molecule has 1 aromatic heterocycles. The van der Waals surface area contributed by atoms with Crippen molar-refractivity contribution in [3.05, 3.63) is 107 Å². The normalized spacial score (nSPS) is 16.3. The van der Waals surface area contributed by atoms with Gasteiger partial charge in [0.2, 0.25) is 23.6 Å². The average Bonchev–Trinajstić information content (AvgIpc) is 3.88. The fourth-order valence-electron chi connectivity index (χ4n) is 8.34. The third-order valence-corrected chi connectivity index (χ3v) is 12.5. The first-order valence-corrected chi connectivity index (χ1v) is 23.2. The number of pyridine rings is 1. The van der Waals surface area contributed by atoms with Crippen LogP contribution in [0.4, 0.5) is 42.1 Å². The standard InChI is InChI=1S/C50H51F7N8O7S/c1-47(2,3)41(44(69)63-20-8-9-36(63)43(68)61-25-28-10-12-29(13-11-28)42(59)67)62-38(66)27-71-21-6-7-22-72-37-19-15-30(23-33(37)49(52,53)54)34-17-16-32(26-60-34)65-46(73)64(45(70)48(65,4)5)35-18-14-31(24-58)39(40(35)51)50(55,56)57/h10-19,23,26,36,41H,6-9,20-22,25,27H2,1-5H3,(H2,59,67)(H,61,68)(H,62,66)/t36-,41?/m0/s1. The van der Waals surface area contributed by atoms with Crippen LogP contribution in [-0.2, 0) is 42.8 Å². The van der Waals surface area contributed by atoms with Gasteiger partial charge in [-0.2, -0.15) is 31.6 Å². The lowest BCUT2D eigenvalue weighted by Gasteiger charge is -2.35. The minimum absolute atomic E-state index is 0.0292. The smallest absolute Gasteiger partial charge is 0.420 e. The molecule has 3 aromatic carbocycles. The van der Waals surface area contributed by atoms with E-state index in [4.69, 9.17) is 27.4 Å². The molecule has 0 radical (unpaired) electrons. The predicted octanol–water partition coefficient (Wildman–Crippen LogP) is 7.83. The SMILES string of the molecule is CC(C)(C)C(NC(=O)COCCCCOc1ccc(-c2ccc(N3C(=S)N(c4ccc(C#N)c(C(F)(F)F)c4F)C(=O)C3(C)C)cn2)cc1C(F)(F)F)C(=O)N1CCC[C@H]1C(=O)NCc1ccc(C(N)=O)cc1. The molecule has 388 valence electrons. The number of carbonyl (C=O) groups excluding carboxylic acids is 5. The van der Waals surface area contributed by atoms with Gasteiger partial charge in [0.1, 0.15) is 35.5 Å². The summed E-state index contributed by atoms with van der Waals surface area (Å²) in [5.74, 6) is -5.20. The van der Waals surface area contributed by atoms with Gasteiger partial charge in [-0.1, -0.05) is 32.9 Å². The fourth-order valence-corrected chi connectivity index (χ4v) is 8.86.